The van der Waals surface area contributed by atoms with Crippen molar-refractivity contribution in [2.75, 3.05) is 51.7 Å². The molecule has 0 aromatic heterocycles. The van der Waals surface area contributed by atoms with Gasteiger partial charge < -0.3 is 14.1 Å². The van der Waals surface area contributed by atoms with E-state index < -0.39 is 0 Å². The second kappa shape index (κ2) is 9.71. The van der Waals surface area contributed by atoms with Crippen LogP contribution < -0.4 is 14.8 Å². The second-order valence-corrected chi connectivity index (χ2v) is 9.29. The lowest BCUT2D eigenvalue weighted by Crippen LogP contribution is -2.21. The first-order valence-electron chi connectivity index (χ1n) is 10.8. The summed E-state index contributed by atoms with van der Waals surface area (Å²) in [5.41, 5.74) is 5.14. The molecule has 170 valence electrons. The Morgan fingerprint density at radius 1 is 1.03 bits per heavy atom. The monoisotopic (exact) mass is 461 g/mol. The lowest BCUT2D eigenvalue weighted by Gasteiger charge is -2.19. The number of carbonyl (C=O) groups is 1. The molecule has 0 bridgehead atoms. The van der Waals surface area contributed by atoms with Crippen LogP contribution in [0, 0.1) is 0 Å². The Morgan fingerprint density at radius 3 is 2.55 bits per heavy atom. The molecule has 1 aliphatic heterocycles. The quantitative estimate of drug-likeness (QED) is 0.178. The van der Waals surface area contributed by atoms with Crippen molar-refractivity contribution in [2.24, 2.45) is 0 Å². The number of anilines is 1. The number of thioether (sulfide) groups is 1. The average Bonchev–Trinajstić information content (AvgIpc) is 2.81. The molecule has 1 heterocycles. The van der Waals surface area contributed by atoms with Crippen molar-refractivity contribution in [1.29, 1.82) is 0 Å². The molecule has 33 heavy (non-hydrogen) atoms. The maximum atomic E-state index is 13.0. The maximum absolute atomic E-state index is 13.0. The molecule has 0 saturated heterocycles. The van der Waals surface area contributed by atoms with E-state index >= 15 is 0 Å². The molecule has 5 nitrogen and oxygen atoms in total. The number of hydrogen-bond donors (Lipinski definition) is 0. The molecule has 0 saturated carbocycles. The smallest absolute Gasteiger partial charge is 0.338 e. The molecule has 6 heteroatoms. The van der Waals surface area contributed by atoms with Gasteiger partial charge in [-0.1, -0.05) is 18.2 Å². The van der Waals surface area contributed by atoms with Crippen LogP contribution in [0.2, 0.25) is 0 Å². The van der Waals surface area contributed by atoms with Crippen molar-refractivity contribution in [3.8, 4) is 22.5 Å². The zero-order chi connectivity index (χ0) is 23.5. The molecule has 4 rings (SSSR count). The fourth-order valence-corrected chi connectivity index (χ4v) is 4.14. The van der Waals surface area contributed by atoms with Gasteiger partial charge in [-0.2, -0.15) is 11.8 Å². The summed E-state index contributed by atoms with van der Waals surface area (Å²) in [6, 6.07) is 20.0. The molecular weight excluding hydrogens is 432 g/mol. The molecule has 0 N–H and O–H groups in total. The van der Waals surface area contributed by atoms with E-state index in [2.05, 4.69) is 24.3 Å². The number of fused-ring (bicyclic) bond motifs is 2. The number of benzene rings is 3. The van der Waals surface area contributed by atoms with Crippen LogP contribution in [0.15, 0.2) is 65.1 Å². The van der Waals surface area contributed by atoms with E-state index in [9.17, 15) is 4.79 Å². The number of carbonyl (C=O) groups excluding carboxylic acids is 1. The van der Waals surface area contributed by atoms with Crippen molar-refractivity contribution in [3.05, 3.63) is 71.6 Å². The predicted molar refractivity (Wildman–Crippen MR) is 138 cm³/mol. The standard InChI is InChI=1S/C27H29N2O3S/c1-28(2)18-10-12-22-24(16-18)32-25-17-19(29(3)4)11-13-23(25)26(22)20-8-6-7-9-21(20)27(30)31-14-15-33-5/h6-13,16-17H,14-15H2,1-5H3/q+1. The number of esters is 1. The first-order valence-corrected chi connectivity index (χ1v) is 12.2. The Bertz CT molecular complexity index is 1350. The van der Waals surface area contributed by atoms with Gasteiger partial charge in [0.15, 0.2) is 0 Å². The minimum Gasteiger partial charge on any atom is -0.461 e. The highest BCUT2D eigenvalue weighted by atomic mass is 32.2. The summed E-state index contributed by atoms with van der Waals surface area (Å²) in [4.78, 5) is 15.1. The Labute approximate surface area is 198 Å². The minimum absolute atomic E-state index is 0.309. The second-order valence-electron chi connectivity index (χ2n) is 8.30. The van der Waals surface area contributed by atoms with Crippen LogP contribution in [0.5, 0.6) is 0 Å². The summed E-state index contributed by atoms with van der Waals surface area (Å²) < 4.78 is 14.0. The average molecular weight is 462 g/mol. The molecular formula is C27H29N2O3S+. The first kappa shape index (κ1) is 22.9. The summed E-state index contributed by atoms with van der Waals surface area (Å²) in [7, 11) is 8.03. The Morgan fingerprint density at radius 2 is 1.82 bits per heavy atom. The van der Waals surface area contributed by atoms with Gasteiger partial charge >= 0.3 is 5.97 Å². The predicted octanol–water partition coefficient (Wildman–Crippen LogP) is 4.82. The van der Waals surface area contributed by atoms with Gasteiger partial charge in [-0.25, -0.2) is 9.37 Å². The van der Waals surface area contributed by atoms with Gasteiger partial charge in [0.2, 0.25) is 5.36 Å². The maximum Gasteiger partial charge on any atom is 0.338 e. The van der Waals surface area contributed by atoms with Gasteiger partial charge in [0.25, 0.3) is 0 Å². The van der Waals surface area contributed by atoms with Gasteiger partial charge in [-0.3, -0.25) is 0 Å². The van der Waals surface area contributed by atoms with Crippen LogP contribution in [0.4, 0.5) is 5.69 Å². The van der Waals surface area contributed by atoms with Crippen molar-refractivity contribution in [1.82, 2.24) is 4.58 Å². The van der Waals surface area contributed by atoms with Crippen molar-refractivity contribution >= 4 is 34.4 Å². The number of nitrogens with zero attached hydrogens (tertiary/aromatic N) is 2. The minimum atomic E-state index is -0.309. The topological polar surface area (TPSA) is 45.7 Å². The fourth-order valence-electron chi connectivity index (χ4n) is 3.89. The number of rotatable bonds is 6. The van der Waals surface area contributed by atoms with Gasteiger partial charge in [0, 0.05) is 54.2 Å². The SMILES string of the molecule is CSCCOC(=O)c1ccccc1-c1c2ccc(=[N+](C)C)cc-2oc2cc(N(C)C)ccc12. The number of hydrogen-bond acceptors (Lipinski definition) is 5. The Balaban J connectivity index is 2.02. The molecule has 2 aromatic carbocycles. The van der Waals surface area contributed by atoms with E-state index in [0.717, 1.165) is 50.2 Å². The van der Waals surface area contributed by atoms with E-state index in [1.807, 2.05) is 80.3 Å². The molecule has 0 spiro atoms. The van der Waals surface area contributed by atoms with E-state index in [1.165, 1.54) is 0 Å². The zero-order valence-electron chi connectivity index (χ0n) is 19.7. The summed E-state index contributed by atoms with van der Waals surface area (Å²) >= 11 is 1.65. The number of ether oxygens (including phenoxy) is 1. The lowest BCUT2D eigenvalue weighted by molar-refractivity contribution is 0.0531. The van der Waals surface area contributed by atoms with Crippen molar-refractivity contribution < 1.29 is 13.9 Å². The highest BCUT2D eigenvalue weighted by molar-refractivity contribution is 7.98. The lowest BCUT2D eigenvalue weighted by atomic mass is 9.90. The van der Waals surface area contributed by atoms with Gasteiger partial charge in [-0.15, -0.1) is 0 Å². The molecule has 0 unspecified atom stereocenters. The summed E-state index contributed by atoms with van der Waals surface area (Å²) in [5.74, 6) is 1.23. The van der Waals surface area contributed by atoms with Crippen LogP contribution in [-0.4, -0.2) is 52.8 Å². The molecule has 0 amide bonds. The molecule has 0 atom stereocenters. The van der Waals surface area contributed by atoms with E-state index in [-0.39, 0.29) is 5.97 Å². The fraction of sp³-hybridized carbons (Fsp3) is 0.259. The first-order chi connectivity index (χ1) is 15.9. The third kappa shape index (κ3) is 4.62. The van der Waals surface area contributed by atoms with Crippen LogP contribution in [0.25, 0.3) is 33.4 Å². The summed E-state index contributed by atoms with van der Waals surface area (Å²) in [6.07, 6.45) is 2.00. The van der Waals surface area contributed by atoms with Crippen LogP contribution in [-0.2, 0) is 4.74 Å². The van der Waals surface area contributed by atoms with Gasteiger partial charge in [0.05, 0.1) is 11.6 Å². The molecule has 0 fully saturated rings. The third-order valence-electron chi connectivity index (χ3n) is 5.66. The zero-order valence-corrected chi connectivity index (χ0v) is 20.5. The Hall–Kier alpha value is -3.25. The van der Waals surface area contributed by atoms with Crippen LogP contribution in [0.1, 0.15) is 10.4 Å². The molecule has 1 aliphatic carbocycles. The molecule has 2 aromatic rings. The van der Waals surface area contributed by atoms with Crippen molar-refractivity contribution in [2.45, 2.75) is 0 Å². The Kier molecular flexibility index (Phi) is 6.75. The van der Waals surface area contributed by atoms with Crippen molar-refractivity contribution in [3.63, 3.8) is 0 Å². The normalized spacial score (nSPS) is 11.1. The van der Waals surface area contributed by atoms with Gasteiger partial charge in [0.1, 0.15) is 32.0 Å². The van der Waals surface area contributed by atoms with Gasteiger partial charge in [-0.05, 0) is 36.1 Å². The largest absolute Gasteiger partial charge is 0.461 e. The van der Waals surface area contributed by atoms with E-state index in [0.29, 0.717) is 12.2 Å². The molecule has 2 aliphatic rings. The van der Waals surface area contributed by atoms with E-state index in [1.54, 1.807) is 11.8 Å². The van der Waals surface area contributed by atoms with Crippen LogP contribution in [0.3, 0.4) is 0 Å². The summed E-state index contributed by atoms with van der Waals surface area (Å²) in [6.45, 7) is 0.387. The highest BCUT2D eigenvalue weighted by Gasteiger charge is 2.22. The van der Waals surface area contributed by atoms with E-state index in [4.69, 9.17) is 9.15 Å². The highest BCUT2D eigenvalue weighted by Crippen LogP contribution is 2.42. The third-order valence-corrected chi connectivity index (χ3v) is 6.23. The molecule has 0 radical (unpaired) electrons. The van der Waals surface area contributed by atoms with Crippen LogP contribution >= 0.6 is 11.8 Å². The summed E-state index contributed by atoms with van der Waals surface area (Å²) in [5, 5.41) is 2.00.